The van der Waals surface area contributed by atoms with E-state index in [1.807, 2.05) is 19.0 Å². The molecule has 7 nitrogen and oxygen atoms in total. The molecule has 2 aromatic carbocycles. The second kappa shape index (κ2) is 10.0. The molecule has 2 amide bonds. The van der Waals surface area contributed by atoms with Crippen LogP contribution in [0.1, 0.15) is 26.3 Å². The second-order valence-electron chi connectivity index (χ2n) is 6.98. The molecule has 2 N–H and O–H groups in total. The minimum atomic E-state index is -0.625. The van der Waals surface area contributed by atoms with Crippen LogP contribution in [0.15, 0.2) is 65.8 Å². The molecule has 3 rings (SSSR count). The standard InChI is InChI=1S/C23H21ClFN5O2/c1-26-21(30(2)3)14-4-6-15(7-5-14)22(31)28-19-10-9-17(25)12-18(19)23(32)29-20-11-8-16(24)13-27-20/h4-13H,1-3H3,(H,28,31)(H,27,29,32)/b26-21-. The van der Waals surface area contributed by atoms with Crippen LogP contribution in [-0.2, 0) is 0 Å². The van der Waals surface area contributed by atoms with E-state index in [4.69, 9.17) is 11.6 Å². The van der Waals surface area contributed by atoms with Crippen LogP contribution in [-0.4, -0.2) is 48.7 Å². The number of rotatable bonds is 5. The van der Waals surface area contributed by atoms with E-state index in [2.05, 4.69) is 20.6 Å². The fraction of sp³-hybridized carbons (Fsp3) is 0.130. The maximum Gasteiger partial charge on any atom is 0.259 e. The molecule has 0 saturated heterocycles. The van der Waals surface area contributed by atoms with Crippen molar-refractivity contribution < 1.29 is 14.0 Å². The van der Waals surface area contributed by atoms with Gasteiger partial charge in [0.1, 0.15) is 17.5 Å². The third-order valence-electron chi connectivity index (χ3n) is 4.48. The predicted octanol–water partition coefficient (Wildman–Crippen LogP) is 4.32. The number of aliphatic imine (C=N–C) groups is 1. The van der Waals surface area contributed by atoms with E-state index in [1.54, 1.807) is 37.4 Å². The smallest absolute Gasteiger partial charge is 0.259 e. The Labute approximate surface area is 190 Å². The molecule has 0 saturated carbocycles. The number of nitrogens with zero attached hydrogens (tertiary/aromatic N) is 3. The summed E-state index contributed by atoms with van der Waals surface area (Å²) < 4.78 is 13.8. The first-order valence-electron chi connectivity index (χ1n) is 9.57. The number of amidine groups is 1. The van der Waals surface area contributed by atoms with Gasteiger partial charge in [0, 0.05) is 38.5 Å². The molecule has 0 bridgehead atoms. The Morgan fingerprint density at radius 1 is 0.969 bits per heavy atom. The van der Waals surface area contributed by atoms with E-state index in [1.165, 1.54) is 18.3 Å². The molecule has 3 aromatic rings. The normalized spacial score (nSPS) is 11.1. The number of hydrogen-bond acceptors (Lipinski definition) is 4. The van der Waals surface area contributed by atoms with Crippen LogP contribution >= 0.6 is 11.6 Å². The van der Waals surface area contributed by atoms with Crippen LogP contribution in [0.3, 0.4) is 0 Å². The van der Waals surface area contributed by atoms with Crippen LogP contribution < -0.4 is 10.6 Å². The monoisotopic (exact) mass is 453 g/mol. The Balaban J connectivity index is 1.80. The number of carbonyl (C=O) groups excluding carboxylic acids is 2. The van der Waals surface area contributed by atoms with E-state index >= 15 is 0 Å². The molecule has 0 unspecified atom stereocenters. The molecule has 32 heavy (non-hydrogen) atoms. The van der Waals surface area contributed by atoms with Gasteiger partial charge in [0.25, 0.3) is 11.8 Å². The number of aromatic nitrogens is 1. The van der Waals surface area contributed by atoms with Crippen LogP contribution in [0.4, 0.5) is 15.9 Å². The molecule has 0 aliphatic carbocycles. The van der Waals surface area contributed by atoms with Gasteiger partial charge in [-0.3, -0.25) is 14.6 Å². The first kappa shape index (κ1) is 22.9. The Morgan fingerprint density at radius 3 is 2.25 bits per heavy atom. The number of nitrogens with one attached hydrogen (secondary N) is 2. The highest BCUT2D eigenvalue weighted by atomic mass is 35.5. The molecule has 0 aliphatic rings. The maximum absolute atomic E-state index is 13.8. The minimum Gasteiger partial charge on any atom is -0.363 e. The molecular weight excluding hydrogens is 433 g/mol. The third-order valence-corrected chi connectivity index (χ3v) is 4.71. The number of carbonyl (C=O) groups is 2. The quantitative estimate of drug-likeness (QED) is 0.445. The van der Waals surface area contributed by atoms with E-state index in [9.17, 15) is 14.0 Å². The zero-order valence-corrected chi connectivity index (χ0v) is 18.4. The highest BCUT2D eigenvalue weighted by molar-refractivity contribution is 6.30. The zero-order valence-electron chi connectivity index (χ0n) is 17.7. The number of amides is 2. The van der Waals surface area contributed by atoms with Gasteiger partial charge in [0.2, 0.25) is 0 Å². The fourth-order valence-corrected chi connectivity index (χ4v) is 3.11. The molecule has 0 aliphatic heterocycles. The van der Waals surface area contributed by atoms with Gasteiger partial charge in [-0.05, 0) is 42.5 Å². The van der Waals surface area contributed by atoms with Gasteiger partial charge in [-0.1, -0.05) is 23.7 Å². The summed E-state index contributed by atoms with van der Waals surface area (Å²) in [6.07, 6.45) is 1.38. The number of pyridine rings is 1. The van der Waals surface area contributed by atoms with Gasteiger partial charge >= 0.3 is 0 Å². The maximum atomic E-state index is 13.8. The van der Waals surface area contributed by atoms with E-state index < -0.39 is 17.6 Å². The van der Waals surface area contributed by atoms with Crippen molar-refractivity contribution >= 4 is 40.8 Å². The Morgan fingerprint density at radius 2 is 1.66 bits per heavy atom. The van der Waals surface area contributed by atoms with Crippen molar-refractivity contribution in [2.75, 3.05) is 31.8 Å². The summed E-state index contributed by atoms with van der Waals surface area (Å²) in [5.74, 6) is -0.672. The van der Waals surface area contributed by atoms with Crippen LogP contribution in [0.25, 0.3) is 0 Å². The van der Waals surface area contributed by atoms with E-state index in [0.717, 1.165) is 23.5 Å². The Kier molecular flexibility index (Phi) is 7.17. The molecule has 0 radical (unpaired) electrons. The lowest BCUT2D eigenvalue weighted by Crippen LogP contribution is -2.23. The number of anilines is 2. The van der Waals surface area contributed by atoms with Crippen molar-refractivity contribution in [3.63, 3.8) is 0 Å². The lowest BCUT2D eigenvalue weighted by atomic mass is 10.1. The third kappa shape index (κ3) is 5.47. The molecule has 9 heteroatoms. The topological polar surface area (TPSA) is 86.7 Å². The van der Waals surface area contributed by atoms with E-state index in [-0.39, 0.29) is 17.1 Å². The minimum absolute atomic E-state index is 0.0419. The average molecular weight is 454 g/mol. The van der Waals surface area contributed by atoms with Gasteiger partial charge < -0.3 is 15.5 Å². The summed E-state index contributed by atoms with van der Waals surface area (Å²) in [4.78, 5) is 35.5. The molecule has 164 valence electrons. The summed E-state index contributed by atoms with van der Waals surface area (Å²) >= 11 is 5.80. The summed E-state index contributed by atoms with van der Waals surface area (Å²) in [5.41, 5.74) is 1.35. The summed E-state index contributed by atoms with van der Waals surface area (Å²) in [6.45, 7) is 0. The molecule has 1 aromatic heterocycles. The van der Waals surface area contributed by atoms with Crippen molar-refractivity contribution in [2.45, 2.75) is 0 Å². The van der Waals surface area contributed by atoms with Crippen molar-refractivity contribution in [2.24, 2.45) is 4.99 Å². The number of hydrogen-bond donors (Lipinski definition) is 2. The summed E-state index contributed by atoms with van der Waals surface area (Å²) in [5, 5.41) is 5.64. The largest absolute Gasteiger partial charge is 0.363 e. The van der Waals surface area contributed by atoms with Gasteiger partial charge in [-0.2, -0.15) is 0 Å². The van der Waals surface area contributed by atoms with Gasteiger partial charge in [-0.25, -0.2) is 9.37 Å². The second-order valence-corrected chi connectivity index (χ2v) is 7.42. The average Bonchev–Trinajstić information content (AvgIpc) is 2.77. The molecule has 0 fully saturated rings. The van der Waals surface area contributed by atoms with Gasteiger partial charge in [0.05, 0.1) is 16.3 Å². The highest BCUT2D eigenvalue weighted by Gasteiger charge is 2.17. The lowest BCUT2D eigenvalue weighted by molar-refractivity contribution is 0.102. The van der Waals surface area contributed by atoms with Crippen molar-refractivity contribution in [3.8, 4) is 0 Å². The molecular formula is C23H21ClFN5O2. The van der Waals surface area contributed by atoms with Crippen molar-refractivity contribution in [1.29, 1.82) is 0 Å². The zero-order chi connectivity index (χ0) is 23.3. The first-order valence-corrected chi connectivity index (χ1v) is 9.94. The Bertz CT molecular complexity index is 1160. The van der Waals surface area contributed by atoms with Crippen LogP contribution in [0.2, 0.25) is 5.02 Å². The number of halogens is 2. The summed E-state index contributed by atoms with van der Waals surface area (Å²) in [6, 6.07) is 13.5. The van der Waals surface area contributed by atoms with Crippen LogP contribution in [0, 0.1) is 5.82 Å². The molecule has 0 spiro atoms. The lowest BCUT2D eigenvalue weighted by Gasteiger charge is -2.16. The molecule has 1 heterocycles. The molecule has 0 atom stereocenters. The van der Waals surface area contributed by atoms with Crippen molar-refractivity contribution in [3.05, 3.63) is 88.3 Å². The fourth-order valence-electron chi connectivity index (χ4n) is 3.00. The number of benzene rings is 2. The highest BCUT2D eigenvalue weighted by Crippen LogP contribution is 2.20. The van der Waals surface area contributed by atoms with Gasteiger partial charge in [-0.15, -0.1) is 0 Å². The summed E-state index contributed by atoms with van der Waals surface area (Å²) in [7, 11) is 5.45. The first-order chi connectivity index (χ1) is 15.3. The van der Waals surface area contributed by atoms with E-state index in [0.29, 0.717) is 10.6 Å². The van der Waals surface area contributed by atoms with Crippen LogP contribution in [0.5, 0.6) is 0 Å². The van der Waals surface area contributed by atoms with Crippen molar-refractivity contribution in [1.82, 2.24) is 9.88 Å². The Hall–Kier alpha value is -3.78. The SMILES string of the molecule is C/N=C(/c1ccc(C(=O)Nc2ccc(F)cc2C(=O)Nc2ccc(Cl)cn2)cc1)N(C)C. The van der Waals surface area contributed by atoms with Gasteiger partial charge in [0.15, 0.2) is 0 Å². The predicted molar refractivity (Wildman–Crippen MR) is 124 cm³/mol.